The highest BCUT2D eigenvalue weighted by atomic mass is 32.2. The van der Waals surface area contributed by atoms with E-state index in [0.29, 0.717) is 11.6 Å². The van der Waals surface area contributed by atoms with Crippen molar-refractivity contribution in [2.24, 2.45) is 11.8 Å². The molecule has 0 aliphatic heterocycles. The molecule has 5 nitrogen and oxygen atoms in total. The number of hydrogen-bond donors (Lipinski definition) is 3. The van der Waals surface area contributed by atoms with Gasteiger partial charge in [0.1, 0.15) is 5.82 Å². The minimum atomic E-state index is -0.161. The Morgan fingerprint density at radius 1 is 1.67 bits per heavy atom. The van der Waals surface area contributed by atoms with E-state index in [1.165, 1.54) is 0 Å². The van der Waals surface area contributed by atoms with Gasteiger partial charge < -0.3 is 5.73 Å². The van der Waals surface area contributed by atoms with Crippen LogP contribution in [0.4, 0.5) is 5.82 Å². The first-order valence-electron chi connectivity index (χ1n) is 4.48. The SMILES string of the molecule is CC(CSc1ccc(N)nc1)C(=O)NN. The Labute approximate surface area is 92.6 Å². The molecule has 0 aromatic carbocycles. The molecule has 0 fully saturated rings. The van der Waals surface area contributed by atoms with Crippen molar-refractivity contribution in [3.63, 3.8) is 0 Å². The lowest BCUT2D eigenvalue weighted by Crippen LogP contribution is -2.35. The van der Waals surface area contributed by atoms with Crippen LogP contribution in [-0.2, 0) is 4.79 Å². The Morgan fingerprint density at radius 3 is 2.93 bits per heavy atom. The quantitative estimate of drug-likeness (QED) is 0.299. The number of amides is 1. The number of rotatable bonds is 4. The number of thioether (sulfide) groups is 1. The number of aromatic nitrogens is 1. The number of nitrogens with zero attached hydrogens (tertiary/aromatic N) is 1. The van der Waals surface area contributed by atoms with Crippen molar-refractivity contribution in [3.05, 3.63) is 18.3 Å². The molecule has 1 heterocycles. The highest BCUT2D eigenvalue weighted by Gasteiger charge is 2.11. The molecule has 1 atom stereocenters. The third-order valence-electron chi connectivity index (χ3n) is 1.85. The fraction of sp³-hybridized carbons (Fsp3) is 0.333. The molecule has 1 unspecified atom stereocenters. The van der Waals surface area contributed by atoms with Crippen molar-refractivity contribution in [3.8, 4) is 0 Å². The molecular formula is C9H14N4OS. The van der Waals surface area contributed by atoms with E-state index in [4.69, 9.17) is 11.6 Å². The summed E-state index contributed by atoms with van der Waals surface area (Å²) in [6, 6.07) is 3.61. The zero-order valence-corrected chi connectivity index (χ0v) is 9.25. The van der Waals surface area contributed by atoms with Crippen molar-refractivity contribution in [2.45, 2.75) is 11.8 Å². The van der Waals surface area contributed by atoms with Gasteiger partial charge in [0.25, 0.3) is 0 Å². The topological polar surface area (TPSA) is 94.0 Å². The minimum absolute atomic E-state index is 0.127. The van der Waals surface area contributed by atoms with Crippen LogP contribution in [0.2, 0.25) is 0 Å². The molecule has 82 valence electrons. The number of nitrogens with two attached hydrogens (primary N) is 2. The highest BCUT2D eigenvalue weighted by molar-refractivity contribution is 7.99. The summed E-state index contributed by atoms with van der Waals surface area (Å²) >= 11 is 1.55. The molecule has 0 radical (unpaired) electrons. The van der Waals surface area contributed by atoms with E-state index < -0.39 is 0 Å². The van der Waals surface area contributed by atoms with Gasteiger partial charge in [-0.05, 0) is 12.1 Å². The standard InChI is InChI=1S/C9H14N4OS/c1-6(9(14)13-11)5-15-7-2-3-8(10)12-4-7/h2-4,6H,5,11H2,1H3,(H2,10,12)(H,13,14). The lowest BCUT2D eigenvalue weighted by molar-refractivity contribution is -0.123. The first-order valence-corrected chi connectivity index (χ1v) is 5.47. The molecule has 1 aromatic rings. The first kappa shape index (κ1) is 11.8. The molecular weight excluding hydrogens is 212 g/mol. The average molecular weight is 226 g/mol. The van der Waals surface area contributed by atoms with Crippen molar-refractivity contribution in [1.82, 2.24) is 10.4 Å². The van der Waals surface area contributed by atoms with Crippen LogP contribution in [0.5, 0.6) is 0 Å². The fourth-order valence-corrected chi connectivity index (χ4v) is 1.80. The number of pyridine rings is 1. The monoisotopic (exact) mass is 226 g/mol. The fourth-order valence-electron chi connectivity index (χ4n) is 0.916. The molecule has 6 heteroatoms. The largest absolute Gasteiger partial charge is 0.384 e. The Kier molecular flexibility index (Phi) is 4.38. The van der Waals surface area contributed by atoms with Gasteiger partial charge >= 0.3 is 0 Å². The number of hydrazine groups is 1. The normalized spacial score (nSPS) is 12.1. The lowest BCUT2D eigenvalue weighted by atomic mass is 10.2. The predicted molar refractivity (Wildman–Crippen MR) is 60.9 cm³/mol. The zero-order valence-electron chi connectivity index (χ0n) is 8.43. The van der Waals surface area contributed by atoms with Gasteiger partial charge in [0.15, 0.2) is 0 Å². The smallest absolute Gasteiger partial charge is 0.237 e. The van der Waals surface area contributed by atoms with Crippen LogP contribution in [0, 0.1) is 5.92 Å². The third-order valence-corrected chi connectivity index (χ3v) is 3.09. The number of nitrogens with one attached hydrogen (secondary N) is 1. The van der Waals surface area contributed by atoms with Crippen LogP contribution in [0.3, 0.4) is 0 Å². The molecule has 0 aliphatic rings. The highest BCUT2D eigenvalue weighted by Crippen LogP contribution is 2.20. The second kappa shape index (κ2) is 5.57. The van der Waals surface area contributed by atoms with E-state index in [-0.39, 0.29) is 11.8 Å². The average Bonchev–Trinajstić information content (AvgIpc) is 2.26. The second-order valence-corrected chi connectivity index (χ2v) is 4.23. The van der Waals surface area contributed by atoms with Gasteiger partial charge in [-0.2, -0.15) is 0 Å². The Balaban J connectivity index is 2.43. The summed E-state index contributed by atoms with van der Waals surface area (Å²) in [6.45, 7) is 1.82. The Hall–Kier alpha value is -1.27. The van der Waals surface area contributed by atoms with Crippen molar-refractivity contribution < 1.29 is 4.79 Å². The van der Waals surface area contributed by atoms with Crippen LogP contribution in [0.15, 0.2) is 23.2 Å². The van der Waals surface area contributed by atoms with Crippen LogP contribution >= 0.6 is 11.8 Å². The van der Waals surface area contributed by atoms with Crippen LogP contribution in [-0.4, -0.2) is 16.6 Å². The van der Waals surface area contributed by atoms with Crippen LogP contribution in [0.25, 0.3) is 0 Å². The Bertz CT molecular complexity index is 327. The molecule has 0 spiro atoms. The van der Waals surface area contributed by atoms with E-state index in [9.17, 15) is 4.79 Å². The van der Waals surface area contributed by atoms with Crippen LogP contribution < -0.4 is 17.0 Å². The molecule has 15 heavy (non-hydrogen) atoms. The zero-order chi connectivity index (χ0) is 11.3. The van der Waals surface area contributed by atoms with Gasteiger partial charge in [-0.15, -0.1) is 11.8 Å². The number of carbonyl (C=O) groups excluding carboxylic acids is 1. The predicted octanol–water partition coefficient (Wildman–Crippen LogP) is 0.382. The van der Waals surface area contributed by atoms with E-state index in [0.717, 1.165) is 4.90 Å². The molecule has 5 N–H and O–H groups in total. The molecule has 0 aliphatic carbocycles. The number of hydrogen-bond acceptors (Lipinski definition) is 5. The van der Waals surface area contributed by atoms with Gasteiger partial charge in [0.2, 0.25) is 5.91 Å². The molecule has 1 rings (SSSR count). The maximum Gasteiger partial charge on any atom is 0.237 e. The summed E-state index contributed by atoms with van der Waals surface area (Å²) in [7, 11) is 0. The summed E-state index contributed by atoms with van der Waals surface area (Å²) in [4.78, 5) is 16.0. The number of carbonyl (C=O) groups is 1. The maximum absolute atomic E-state index is 11.1. The molecule has 0 saturated carbocycles. The lowest BCUT2D eigenvalue weighted by Gasteiger charge is -2.08. The van der Waals surface area contributed by atoms with E-state index in [1.807, 2.05) is 13.0 Å². The molecule has 1 aromatic heterocycles. The summed E-state index contributed by atoms with van der Waals surface area (Å²) in [5.74, 6) is 5.89. The molecule has 0 bridgehead atoms. The van der Waals surface area contributed by atoms with Gasteiger partial charge in [0.05, 0.1) is 0 Å². The summed E-state index contributed by atoms with van der Waals surface area (Å²) in [5.41, 5.74) is 7.57. The van der Waals surface area contributed by atoms with E-state index in [2.05, 4.69) is 10.4 Å². The van der Waals surface area contributed by atoms with E-state index >= 15 is 0 Å². The van der Waals surface area contributed by atoms with Gasteiger partial charge in [-0.1, -0.05) is 6.92 Å². The summed E-state index contributed by atoms with van der Waals surface area (Å²) in [5, 5.41) is 0. The van der Waals surface area contributed by atoms with Crippen molar-refractivity contribution in [1.29, 1.82) is 0 Å². The summed E-state index contributed by atoms with van der Waals surface area (Å²) < 4.78 is 0. The van der Waals surface area contributed by atoms with Crippen molar-refractivity contribution >= 4 is 23.5 Å². The molecule has 1 amide bonds. The second-order valence-electron chi connectivity index (χ2n) is 3.14. The molecule has 0 saturated heterocycles. The maximum atomic E-state index is 11.1. The van der Waals surface area contributed by atoms with Gasteiger partial charge in [-0.25, -0.2) is 10.8 Å². The number of anilines is 1. The first-order chi connectivity index (χ1) is 7.13. The van der Waals surface area contributed by atoms with E-state index in [1.54, 1.807) is 24.0 Å². The minimum Gasteiger partial charge on any atom is -0.384 e. The van der Waals surface area contributed by atoms with Crippen LogP contribution in [0.1, 0.15) is 6.92 Å². The summed E-state index contributed by atoms with van der Waals surface area (Å²) in [6.07, 6.45) is 1.69. The Morgan fingerprint density at radius 2 is 2.40 bits per heavy atom. The van der Waals surface area contributed by atoms with Gasteiger partial charge in [-0.3, -0.25) is 10.2 Å². The van der Waals surface area contributed by atoms with Crippen molar-refractivity contribution in [2.75, 3.05) is 11.5 Å². The third kappa shape index (κ3) is 3.77. The van der Waals surface area contributed by atoms with Gasteiger partial charge in [0, 0.05) is 22.8 Å². The number of nitrogen functional groups attached to an aromatic ring is 1.